The molecule has 3 N–H and O–H groups in total. The molecule has 0 aliphatic carbocycles. The van der Waals surface area contributed by atoms with E-state index in [4.69, 9.17) is 9.84 Å². The van der Waals surface area contributed by atoms with Crippen LogP contribution in [0.15, 0.2) is 18.7 Å². The van der Waals surface area contributed by atoms with Crippen molar-refractivity contribution in [3.05, 3.63) is 18.7 Å². The van der Waals surface area contributed by atoms with E-state index in [-0.39, 0.29) is 6.61 Å². The summed E-state index contributed by atoms with van der Waals surface area (Å²) in [5, 5.41) is 37.0. The van der Waals surface area contributed by atoms with Gasteiger partial charge in [0.05, 0.1) is 30.8 Å². The SMILES string of the molecule is C[C@@]1(O)[C@H](O)[C@@H](CO)O[C@H]1n1cnc2cnncc21. The molecule has 0 bridgehead atoms. The molecule has 19 heavy (non-hydrogen) atoms. The molecule has 8 heteroatoms. The van der Waals surface area contributed by atoms with Crippen molar-refractivity contribution in [2.75, 3.05) is 6.61 Å². The first-order chi connectivity index (χ1) is 9.05. The molecule has 0 radical (unpaired) electrons. The summed E-state index contributed by atoms with van der Waals surface area (Å²) in [7, 11) is 0. The summed E-state index contributed by atoms with van der Waals surface area (Å²) in [5.41, 5.74) is -0.299. The van der Waals surface area contributed by atoms with E-state index < -0.39 is 24.0 Å². The van der Waals surface area contributed by atoms with Gasteiger partial charge in [0.25, 0.3) is 0 Å². The Labute approximate surface area is 108 Å². The Balaban J connectivity index is 2.07. The van der Waals surface area contributed by atoms with Gasteiger partial charge in [0.2, 0.25) is 0 Å². The summed E-state index contributed by atoms with van der Waals surface area (Å²) < 4.78 is 7.09. The third kappa shape index (κ3) is 1.72. The van der Waals surface area contributed by atoms with Crippen molar-refractivity contribution >= 4 is 11.0 Å². The number of nitrogens with zero attached hydrogens (tertiary/aromatic N) is 4. The number of hydrogen-bond acceptors (Lipinski definition) is 7. The molecule has 102 valence electrons. The topological polar surface area (TPSA) is 114 Å². The van der Waals surface area contributed by atoms with Crippen LogP contribution in [0.3, 0.4) is 0 Å². The number of hydrogen-bond donors (Lipinski definition) is 3. The molecule has 0 aromatic carbocycles. The largest absolute Gasteiger partial charge is 0.394 e. The number of aliphatic hydroxyl groups excluding tert-OH is 2. The van der Waals surface area contributed by atoms with Crippen LogP contribution in [0.25, 0.3) is 11.0 Å². The predicted octanol–water partition coefficient (Wildman–Crippen LogP) is -1.17. The molecule has 2 aromatic rings. The molecule has 4 atom stereocenters. The lowest BCUT2D eigenvalue weighted by Crippen LogP contribution is -2.44. The zero-order valence-electron chi connectivity index (χ0n) is 10.2. The van der Waals surface area contributed by atoms with E-state index in [0.717, 1.165) is 0 Å². The summed E-state index contributed by atoms with van der Waals surface area (Å²) in [6, 6.07) is 0. The first kappa shape index (κ1) is 12.4. The van der Waals surface area contributed by atoms with Crippen molar-refractivity contribution in [1.82, 2.24) is 19.7 Å². The van der Waals surface area contributed by atoms with Crippen LogP contribution in [0.4, 0.5) is 0 Å². The maximum absolute atomic E-state index is 10.4. The lowest BCUT2D eigenvalue weighted by molar-refractivity contribution is -0.0948. The molecule has 3 heterocycles. The molecule has 3 rings (SSSR count). The second-order valence-corrected chi connectivity index (χ2v) is 4.79. The van der Waals surface area contributed by atoms with E-state index in [9.17, 15) is 10.2 Å². The predicted molar refractivity (Wildman–Crippen MR) is 62.9 cm³/mol. The number of ether oxygens (including phenoxy) is 1. The molecule has 1 aliphatic heterocycles. The maximum Gasteiger partial charge on any atom is 0.167 e. The highest BCUT2D eigenvalue weighted by Crippen LogP contribution is 2.39. The van der Waals surface area contributed by atoms with Gasteiger partial charge in [-0.05, 0) is 6.92 Å². The first-order valence-electron chi connectivity index (χ1n) is 5.85. The van der Waals surface area contributed by atoms with Gasteiger partial charge in [-0.15, -0.1) is 0 Å². The smallest absolute Gasteiger partial charge is 0.167 e. The van der Waals surface area contributed by atoms with E-state index in [0.29, 0.717) is 11.0 Å². The minimum Gasteiger partial charge on any atom is -0.394 e. The van der Waals surface area contributed by atoms with Crippen molar-refractivity contribution in [2.45, 2.75) is 31.0 Å². The molecular formula is C11H14N4O4. The van der Waals surface area contributed by atoms with Crippen LogP contribution in [0.1, 0.15) is 13.2 Å². The van der Waals surface area contributed by atoms with Crippen LogP contribution in [0, 0.1) is 0 Å². The molecule has 8 nitrogen and oxygen atoms in total. The number of fused-ring (bicyclic) bond motifs is 1. The zero-order chi connectivity index (χ0) is 13.6. The Morgan fingerprint density at radius 3 is 2.84 bits per heavy atom. The van der Waals surface area contributed by atoms with Crippen molar-refractivity contribution in [3.63, 3.8) is 0 Å². The van der Waals surface area contributed by atoms with E-state index in [1.165, 1.54) is 25.6 Å². The summed E-state index contributed by atoms with van der Waals surface area (Å²) in [6.45, 7) is 1.08. The van der Waals surface area contributed by atoms with Gasteiger partial charge in [-0.1, -0.05) is 0 Å². The van der Waals surface area contributed by atoms with Crippen LogP contribution < -0.4 is 0 Å². The Morgan fingerprint density at radius 2 is 2.16 bits per heavy atom. The number of rotatable bonds is 2. The lowest BCUT2D eigenvalue weighted by atomic mass is 9.96. The Morgan fingerprint density at radius 1 is 1.42 bits per heavy atom. The second-order valence-electron chi connectivity index (χ2n) is 4.79. The van der Waals surface area contributed by atoms with Gasteiger partial charge in [0, 0.05) is 0 Å². The van der Waals surface area contributed by atoms with Crippen LogP contribution in [0.5, 0.6) is 0 Å². The van der Waals surface area contributed by atoms with Crippen LogP contribution in [-0.4, -0.2) is 59.5 Å². The van der Waals surface area contributed by atoms with E-state index in [1.807, 2.05) is 0 Å². The van der Waals surface area contributed by atoms with Gasteiger partial charge < -0.3 is 20.1 Å². The standard InChI is InChI=1S/C11H14N4O4/c1-11(18)9(17)8(4-16)19-10(11)15-5-12-6-2-13-14-3-7(6)15/h2-3,5,8-10,16-18H,4H2,1H3/t8-,9-,10-,11-/m1/s1. The van der Waals surface area contributed by atoms with Crippen molar-refractivity contribution < 1.29 is 20.1 Å². The fourth-order valence-electron chi connectivity index (χ4n) is 2.37. The first-order valence-corrected chi connectivity index (χ1v) is 5.85. The van der Waals surface area contributed by atoms with E-state index >= 15 is 0 Å². The third-order valence-corrected chi connectivity index (χ3v) is 3.48. The highest BCUT2D eigenvalue weighted by Gasteiger charge is 2.53. The summed E-state index contributed by atoms with van der Waals surface area (Å²) in [6.07, 6.45) is 1.60. The summed E-state index contributed by atoms with van der Waals surface area (Å²) in [4.78, 5) is 4.13. The number of aromatic nitrogens is 4. The Bertz CT molecular complexity index is 599. The number of aliphatic hydroxyl groups is 3. The second kappa shape index (κ2) is 4.20. The minimum absolute atomic E-state index is 0.375. The van der Waals surface area contributed by atoms with Crippen molar-refractivity contribution in [3.8, 4) is 0 Å². The molecule has 0 unspecified atom stereocenters. The molecule has 0 saturated carbocycles. The van der Waals surface area contributed by atoms with Crippen LogP contribution >= 0.6 is 0 Å². The molecule has 0 spiro atoms. The van der Waals surface area contributed by atoms with E-state index in [2.05, 4.69) is 15.2 Å². The van der Waals surface area contributed by atoms with Crippen LogP contribution in [0.2, 0.25) is 0 Å². The molecule has 1 saturated heterocycles. The van der Waals surface area contributed by atoms with E-state index in [1.54, 1.807) is 4.57 Å². The summed E-state index contributed by atoms with van der Waals surface area (Å²) >= 11 is 0. The zero-order valence-corrected chi connectivity index (χ0v) is 10.2. The molecule has 1 fully saturated rings. The van der Waals surface area contributed by atoms with Gasteiger partial charge in [-0.2, -0.15) is 10.2 Å². The van der Waals surface area contributed by atoms with Gasteiger partial charge >= 0.3 is 0 Å². The molecule has 0 amide bonds. The normalized spacial score (nSPS) is 35.1. The van der Waals surface area contributed by atoms with Gasteiger partial charge in [0.1, 0.15) is 23.3 Å². The maximum atomic E-state index is 10.4. The lowest BCUT2D eigenvalue weighted by Gasteiger charge is -2.27. The van der Waals surface area contributed by atoms with Gasteiger partial charge in [-0.3, -0.25) is 4.57 Å². The third-order valence-electron chi connectivity index (χ3n) is 3.48. The van der Waals surface area contributed by atoms with Crippen molar-refractivity contribution in [2.24, 2.45) is 0 Å². The Kier molecular flexibility index (Phi) is 2.75. The molecule has 1 aliphatic rings. The average molecular weight is 266 g/mol. The van der Waals surface area contributed by atoms with Gasteiger partial charge in [0.15, 0.2) is 6.23 Å². The summed E-state index contributed by atoms with van der Waals surface area (Å²) in [5.74, 6) is 0. The monoisotopic (exact) mass is 266 g/mol. The molecular weight excluding hydrogens is 252 g/mol. The minimum atomic E-state index is -1.54. The fourth-order valence-corrected chi connectivity index (χ4v) is 2.37. The highest BCUT2D eigenvalue weighted by atomic mass is 16.6. The van der Waals surface area contributed by atoms with Crippen molar-refractivity contribution in [1.29, 1.82) is 0 Å². The number of imidazole rings is 1. The Hall–Kier alpha value is -1.61. The highest BCUT2D eigenvalue weighted by molar-refractivity contribution is 5.72. The fraction of sp³-hybridized carbons (Fsp3) is 0.545. The van der Waals surface area contributed by atoms with Gasteiger partial charge in [-0.25, -0.2) is 4.98 Å². The molecule has 2 aromatic heterocycles. The average Bonchev–Trinajstić information content (AvgIpc) is 2.91. The quantitative estimate of drug-likeness (QED) is 0.627. The van der Waals surface area contributed by atoms with Crippen LogP contribution in [-0.2, 0) is 4.74 Å².